The molecule has 192 valence electrons. The fourth-order valence-electron chi connectivity index (χ4n) is 4.38. The molecule has 0 spiro atoms. The summed E-state index contributed by atoms with van der Waals surface area (Å²) in [7, 11) is 5.04. The van der Waals surface area contributed by atoms with Crippen LogP contribution in [0.1, 0.15) is 69.9 Å². The summed E-state index contributed by atoms with van der Waals surface area (Å²) in [5.41, 5.74) is 4.05. The van der Waals surface area contributed by atoms with Crippen LogP contribution in [0.3, 0.4) is 0 Å². The Balaban J connectivity index is 0.00000432. The average Bonchev–Trinajstić information content (AvgIpc) is 2.85. The Morgan fingerprint density at radius 3 is 2.17 bits per heavy atom. The van der Waals surface area contributed by atoms with E-state index in [2.05, 4.69) is 19.9 Å². The summed E-state index contributed by atoms with van der Waals surface area (Å²) in [6, 6.07) is 9.93. The SMILES string of the molecule is CCCCCC1=C(Cl)Cc2c(OC)cc(Oc3ccc(OC)cc3CCCCC)cc2N1OC.[SnH2]. The summed E-state index contributed by atoms with van der Waals surface area (Å²) < 4.78 is 17.6. The Hall–Kier alpha value is -1.57. The zero-order valence-electron chi connectivity index (χ0n) is 21.9. The van der Waals surface area contributed by atoms with E-state index in [4.69, 9.17) is 30.6 Å². The van der Waals surface area contributed by atoms with Crippen LogP contribution in [-0.2, 0) is 17.7 Å². The Morgan fingerprint density at radius 2 is 1.54 bits per heavy atom. The van der Waals surface area contributed by atoms with Gasteiger partial charge in [-0.05, 0) is 49.4 Å². The molecule has 0 saturated heterocycles. The number of halogens is 1. The third kappa shape index (κ3) is 7.46. The summed E-state index contributed by atoms with van der Waals surface area (Å²) in [5, 5.41) is 2.63. The number of ether oxygens (including phenoxy) is 3. The van der Waals surface area contributed by atoms with Crippen LogP contribution in [-0.4, -0.2) is 45.2 Å². The molecule has 1 heterocycles. The predicted octanol–water partition coefficient (Wildman–Crippen LogP) is 7.27. The van der Waals surface area contributed by atoms with E-state index >= 15 is 0 Å². The number of nitrogens with zero attached hydrogens (tertiary/aromatic N) is 1. The van der Waals surface area contributed by atoms with Gasteiger partial charge in [0.2, 0.25) is 0 Å². The van der Waals surface area contributed by atoms with E-state index in [9.17, 15) is 0 Å². The van der Waals surface area contributed by atoms with Crippen molar-refractivity contribution in [3.05, 3.63) is 52.2 Å². The zero-order valence-corrected chi connectivity index (χ0v) is 26.7. The number of hydrogen-bond donors (Lipinski definition) is 0. The Bertz CT molecular complexity index is 995. The molecule has 2 aromatic rings. The molecule has 1 aliphatic heterocycles. The van der Waals surface area contributed by atoms with Gasteiger partial charge in [-0.2, -0.15) is 0 Å². The molecule has 0 aliphatic carbocycles. The standard InChI is InChI=1S/C28H38ClNO4.Sn.2H/c1-6-8-10-12-20-16-21(31-3)14-15-27(20)34-22-17-26-23(28(18-22)32-4)19-24(29)25(30(26)33-5)13-11-9-7-2;;;/h14-18H,6-13,19H2,1-5H3;;;. The van der Waals surface area contributed by atoms with Gasteiger partial charge in [-0.3, -0.25) is 4.84 Å². The number of rotatable bonds is 13. The number of hydrogen-bond acceptors (Lipinski definition) is 5. The molecule has 0 unspecified atom stereocenters. The van der Waals surface area contributed by atoms with Gasteiger partial charge in [-0.1, -0.05) is 51.1 Å². The number of methoxy groups -OCH3 is 2. The number of unbranched alkanes of at least 4 members (excludes halogenated alkanes) is 4. The van der Waals surface area contributed by atoms with Gasteiger partial charge in [-0.15, -0.1) is 0 Å². The number of benzene rings is 2. The van der Waals surface area contributed by atoms with Gasteiger partial charge in [0.25, 0.3) is 0 Å². The summed E-state index contributed by atoms with van der Waals surface area (Å²) in [5.74, 6) is 3.10. The number of allylic oxidation sites excluding steroid dienone is 2. The first-order valence-corrected chi connectivity index (χ1v) is 12.7. The van der Waals surface area contributed by atoms with E-state index in [0.29, 0.717) is 12.2 Å². The zero-order chi connectivity index (χ0) is 24.5. The molecule has 7 heteroatoms. The molecular weight excluding hydrogens is 568 g/mol. The molecule has 2 aromatic carbocycles. The van der Waals surface area contributed by atoms with Crippen molar-refractivity contribution in [1.29, 1.82) is 0 Å². The molecule has 35 heavy (non-hydrogen) atoms. The van der Waals surface area contributed by atoms with E-state index in [1.165, 1.54) is 12.8 Å². The number of aryl methyl sites for hydroxylation is 1. The Labute approximate surface area is 232 Å². The fourth-order valence-corrected chi connectivity index (χ4v) is 4.68. The van der Waals surface area contributed by atoms with Gasteiger partial charge in [0.1, 0.15) is 23.0 Å². The molecule has 5 nitrogen and oxygen atoms in total. The first kappa shape index (κ1) is 29.7. The number of fused-ring (bicyclic) bond motifs is 1. The molecule has 0 bridgehead atoms. The second kappa shape index (κ2) is 14.9. The van der Waals surface area contributed by atoms with E-state index in [-0.39, 0.29) is 23.9 Å². The molecule has 0 aromatic heterocycles. The number of anilines is 1. The average molecular weight is 609 g/mol. The topological polar surface area (TPSA) is 40.2 Å². The molecule has 0 N–H and O–H groups in total. The van der Waals surface area contributed by atoms with Crippen molar-refractivity contribution >= 4 is 41.2 Å². The fraction of sp³-hybridized carbons (Fsp3) is 0.500. The van der Waals surface area contributed by atoms with Gasteiger partial charge < -0.3 is 14.2 Å². The first-order valence-electron chi connectivity index (χ1n) is 12.3. The normalized spacial score (nSPS) is 12.8. The van der Waals surface area contributed by atoms with Gasteiger partial charge in [-0.25, -0.2) is 5.06 Å². The minimum atomic E-state index is 0. The second-order valence-electron chi connectivity index (χ2n) is 8.62. The monoisotopic (exact) mass is 609 g/mol. The third-order valence-electron chi connectivity index (χ3n) is 6.23. The summed E-state index contributed by atoms with van der Waals surface area (Å²) in [4.78, 5) is 5.82. The van der Waals surface area contributed by atoms with Crippen molar-refractivity contribution in [3.8, 4) is 23.0 Å². The Kier molecular flexibility index (Phi) is 12.6. The van der Waals surface area contributed by atoms with Crippen LogP contribution in [0.4, 0.5) is 5.69 Å². The second-order valence-corrected chi connectivity index (χ2v) is 9.07. The van der Waals surface area contributed by atoms with Gasteiger partial charge in [0.15, 0.2) is 0 Å². The quantitative estimate of drug-likeness (QED) is 0.177. The van der Waals surface area contributed by atoms with Crippen LogP contribution in [0.25, 0.3) is 0 Å². The minimum absolute atomic E-state index is 0. The molecular formula is C28H40ClNO4Sn. The van der Waals surface area contributed by atoms with Gasteiger partial charge >= 0.3 is 23.9 Å². The van der Waals surface area contributed by atoms with E-state index in [0.717, 1.165) is 83.3 Å². The van der Waals surface area contributed by atoms with Crippen molar-refractivity contribution in [2.45, 2.75) is 71.6 Å². The van der Waals surface area contributed by atoms with Crippen molar-refractivity contribution in [1.82, 2.24) is 0 Å². The van der Waals surface area contributed by atoms with E-state index in [1.807, 2.05) is 29.3 Å². The van der Waals surface area contributed by atoms with Crippen LogP contribution in [0.15, 0.2) is 41.1 Å². The summed E-state index contributed by atoms with van der Waals surface area (Å²) in [6.45, 7) is 4.41. The molecule has 1 aliphatic rings. The van der Waals surface area contributed by atoms with Crippen LogP contribution in [0.5, 0.6) is 23.0 Å². The van der Waals surface area contributed by atoms with E-state index in [1.54, 1.807) is 21.3 Å². The van der Waals surface area contributed by atoms with Gasteiger partial charge in [0.05, 0.1) is 32.7 Å². The van der Waals surface area contributed by atoms with Crippen LogP contribution >= 0.6 is 11.6 Å². The molecule has 3 rings (SSSR count). The van der Waals surface area contributed by atoms with Crippen LogP contribution in [0, 0.1) is 0 Å². The number of hydroxylamine groups is 1. The van der Waals surface area contributed by atoms with Crippen molar-refractivity contribution in [2.24, 2.45) is 0 Å². The van der Waals surface area contributed by atoms with Crippen molar-refractivity contribution < 1.29 is 19.0 Å². The van der Waals surface area contributed by atoms with Crippen LogP contribution < -0.4 is 19.3 Å². The Morgan fingerprint density at radius 1 is 0.829 bits per heavy atom. The van der Waals surface area contributed by atoms with Crippen molar-refractivity contribution in [3.63, 3.8) is 0 Å². The first-order chi connectivity index (χ1) is 16.6. The van der Waals surface area contributed by atoms with Crippen molar-refractivity contribution in [2.75, 3.05) is 26.4 Å². The third-order valence-corrected chi connectivity index (χ3v) is 6.58. The van der Waals surface area contributed by atoms with Gasteiger partial charge in [0, 0.05) is 29.1 Å². The predicted molar refractivity (Wildman–Crippen MR) is 148 cm³/mol. The maximum absolute atomic E-state index is 6.73. The molecule has 0 atom stereocenters. The summed E-state index contributed by atoms with van der Waals surface area (Å²) in [6.07, 6.45) is 9.26. The summed E-state index contributed by atoms with van der Waals surface area (Å²) >= 11 is 6.73. The molecule has 0 saturated carbocycles. The molecule has 2 radical (unpaired) electrons. The van der Waals surface area contributed by atoms with Crippen LogP contribution in [0.2, 0.25) is 0 Å². The molecule has 0 fully saturated rings. The molecule has 0 amide bonds. The van der Waals surface area contributed by atoms with E-state index < -0.39 is 0 Å². The maximum atomic E-state index is 6.73.